The summed E-state index contributed by atoms with van der Waals surface area (Å²) in [5, 5.41) is 0. The molecular formula is C54H56N2. The lowest BCUT2D eigenvalue weighted by Crippen LogP contribution is -2.52. The summed E-state index contributed by atoms with van der Waals surface area (Å²) in [7, 11) is 0. The van der Waals surface area contributed by atoms with E-state index in [0.717, 1.165) is 46.9 Å². The molecule has 2 unspecified atom stereocenters. The van der Waals surface area contributed by atoms with Gasteiger partial charge in [0.1, 0.15) is 0 Å². The minimum Gasteiger partial charge on any atom is -0.311 e. The summed E-state index contributed by atoms with van der Waals surface area (Å²) in [6.07, 6.45) is 12.3. The van der Waals surface area contributed by atoms with E-state index in [0.29, 0.717) is 11.3 Å². The van der Waals surface area contributed by atoms with Crippen LogP contribution in [-0.2, 0) is 11.8 Å². The van der Waals surface area contributed by atoms with Crippen LogP contribution in [0.5, 0.6) is 0 Å². The highest BCUT2D eigenvalue weighted by Crippen LogP contribution is 2.65. The third-order valence-corrected chi connectivity index (χ3v) is 13.5. The molecule has 0 heterocycles. The van der Waals surface area contributed by atoms with Gasteiger partial charge >= 0.3 is 0 Å². The van der Waals surface area contributed by atoms with Crippen molar-refractivity contribution < 1.29 is 0 Å². The summed E-state index contributed by atoms with van der Waals surface area (Å²) in [5.74, 6) is 3.04. The molecule has 6 aromatic rings. The van der Waals surface area contributed by atoms with Gasteiger partial charge in [-0.1, -0.05) is 110 Å². The zero-order valence-electron chi connectivity index (χ0n) is 33.5. The Bertz CT molecular complexity index is 2190. The van der Waals surface area contributed by atoms with Crippen LogP contribution in [0.25, 0.3) is 6.08 Å². The van der Waals surface area contributed by atoms with Crippen molar-refractivity contribution in [3.8, 4) is 0 Å². The summed E-state index contributed by atoms with van der Waals surface area (Å²) < 4.78 is 0. The average Bonchev–Trinajstić information content (AvgIpc) is 3.23. The first kappa shape index (κ1) is 36.3. The zero-order valence-corrected chi connectivity index (χ0v) is 33.5. The van der Waals surface area contributed by atoms with E-state index in [1.54, 1.807) is 5.56 Å². The Balaban J connectivity index is 1.03. The molecular weight excluding hydrogens is 677 g/mol. The molecule has 4 saturated carbocycles. The van der Waals surface area contributed by atoms with Gasteiger partial charge in [0.15, 0.2) is 0 Å². The van der Waals surface area contributed by atoms with Crippen LogP contribution in [0.2, 0.25) is 0 Å². The van der Waals surface area contributed by atoms with Gasteiger partial charge in [0.05, 0.1) is 0 Å². The molecule has 4 bridgehead atoms. The summed E-state index contributed by atoms with van der Waals surface area (Å²) in [6.45, 7) is 10.6. The number of hydrogen-bond acceptors (Lipinski definition) is 2. The van der Waals surface area contributed by atoms with Gasteiger partial charge in [-0.25, -0.2) is 0 Å². The highest BCUT2D eigenvalue weighted by Gasteiger charge is 2.56. The fourth-order valence-corrected chi connectivity index (χ4v) is 11.0. The van der Waals surface area contributed by atoms with Gasteiger partial charge in [-0.15, -0.1) is 0 Å². The van der Waals surface area contributed by atoms with Gasteiger partial charge in [0.2, 0.25) is 0 Å². The van der Waals surface area contributed by atoms with Crippen LogP contribution < -0.4 is 9.80 Å². The van der Waals surface area contributed by atoms with E-state index in [1.165, 1.54) is 84.1 Å². The number of rotatable bonds is 12. The monoisotopic (exact) mass is 732 g/mol. The summed E-state index contributed by atoms with van der Waals surface area (Å²) >= 11 is 0. The molecule has 0 amide bonds. The molecule has 2 heteroatoms. The van der Waals surface area contributed by atoms with Gasteiger partial charge < -0.3 is 9.80 Å². The quantitative estimate of drug-likeness (QED) is 0.124. The molecule has 6 aromatic carbocycles. The number of nitrogens with zero attached hydrogens (tertiary/aromatic N) is 2. The van der Waals surface area contributed by atoms with Crippen LogP contribution in [0.4, 0.5) is 34.1 Å². The molecule has 0 aliphatic heterocycles. The van der Waals surface area contributed by atoms with Crippen LogP contribution >= 0.6 is 0 Å². The molecule has 0 radical (unpaired) electrons. The minimum absolute atomic E-state index is 0.355. The molecule has 2 atom stereocenters. The van der Waals surface area contributed by atoms with E-state index in [9.17, 15) is 0 Å². The van der Waals surface area contributed by atoms with Crippen molar-refractivity contribution in [1.82, 2.24) is 0 Å². The van der Waals surface area contributed by atoms with E-state index in [1.807, 2.05) is 6.08 Å². The summed E-state index contributed by atoms with van der Waals surface area (Å²) in [6, 6.07) is 55.2. The van der Waals surface area contributed by atoms with Crippen LogP contribution in [0.1, 0.15) is 91.2 Å². The first-order chi connectivity index (χ1) is 27.4. The van der Waals surface area contributed by atoms with Gasteiger partial charge in [-0.2, -0.15) is 0 Å². The van der Waals surface area contributed by atoms with E-state index >= 15 is 0 Å². The van der Waals surface area contributed by atoms with E-state index < -0.39 is 0 Å². The molecule has 2 nitrogen and oxygen atoms in total. The Morgan fingerprint density at radius 2 is 0.982 bits per heavy atom. The number of aryl methyl sites for hydroxylation is 3. The molecule has 56 heavy (non-hydrogen) atoms. The third-order valence-electron chi connectivity index (χ3n) is 13.5. The Hall–Kier alpha value is -5.34. The number of benzene rings is 6. The fourth-order valence-electron chi connectivity index (χ4n) is 11.0. The second-order valence-corrected chi connectivity index (χ2v) is 17.3. The molecule has 4 aliphatic rings. The van der Waals surface area contributed by atoms with Gasteiger partial charge in [-0.05, 0) is 183 Å². The highest BCUT2D eigenvalue weighted by molar-refractivity contribution is 5.81. The van der Waals surface area contributed by atoms with Crippen molar-refractivity contribution >= 4 is 40.2 Å². The topological polar surface area (TPSA) is 6.48 Å². The lowest BCUT2D eigenvalue weighted by atomic mass is 9.44. The zero-order chi connectivity index (χ0) is 38.2. The molecule has 0 N–H and O–H groups in total. The van der Waals surface area contributed by atoms with Crippen LogP contribution in [0.15, 0.2) is 152 Å². The van der Waals surface area contributed by atoms with E-state index in [-0.39, 0.29) is 0 Å². The SMILES string of the molecule is C=Cc1ccc(C23CC4CC(C2)C(c2ccc(N(c5ccc(CCCC)cc5)c5ccc(N(c6ccc(C)cc6)c6ccc(C)cc6)cc5)cc2)C(C4)C3)cc1. The Kier molecular flexibility index (Phi) is 9.92. The van der Waals surface area contributed by atoms with Crippen LogP contribution in [0.3, 0.4) is 0 Å². The predicted molar refractivity (Wildman–Crippen MR) is 238 cm³/mol. The van der Waals surface area contributed by atoms with Crippen molar-refractivity contribution in [2.24, 2.45) is 17.8 Å². The first-order valence-corrected chi connectivity index (χ1v) is 21.2. The van der Waals surface area contributed by atoms with E-state index in [2.05, 4.69) is 183 Å². The standard InChI is InChI=1S/C54H56N2/c1-5-7-8-41-15-25-49(26-16-41)56(52-31-29-51(30-32-52)55(47-21-9-38(3)10-22-47)48-23-11-39(4)12-24-48)50-27-17-43(18-28-50)53-44-33-42-34-45(53)37-54(35-42,36-44)46-19-13-40(6-2)14-20-46/h6,9-32,42,44-45,53H,2,5,7-8,33-37H2,1,3-4H3. The number of unbranched alkanes of at least 4 members (excludes halogenated alkanes) is 1. The average molecular weight is 733 g/mol. The lowest BCUT2D eigenvalue weighted by molar-refractivity contribution is -0.0256. The van der Waals surface area contributed by atoms with Crippen molar-refractivity contribution in [2.75, 3.05) is 9.80 Å². The first-order valence-electron chi connectivity index (χ1n) is 21.2. The maximum atomic E-state index is 3.99. The minimum atomic E-state index is 0.355. The molecule has 0 aromatic heterocycles. The van der Waals surface area contributed by atoms with Crippen molar-refractivity contribution in [3.05, 3.63) is 186 Å². The van der Waals surface area contributed by atoms with Gasteiger partial charge in [0, 0.05) is 34.1 Å². The largest absolute Gasteiger partial charge is 0.311 e. The van der Waals surface area contributed by atoms with Crippen molar-refractivity contribution in [3.63, 3.8) is 0 Å². The van der Waals surface area contributed by atoms with Crippen LogP contribution in [0, 0.1) is 31.6 Å². The van der Waals surface area contributed by atoms with Crippen molar-refractivity contribution in [1.29, 1.82) is 0 Å². The predicted octanol–water partition coefficient (Wildman–Crippen LogP) is 15.1. The fraction of sp³-hybridized carbons (Fsp3) is 0.296. The van der Waals surface area contributed by atoms with Crippen LogP contribution in [-0.4, -0.2) is 0 Å². The molecule has 0 spiro atoms. The smallest absolute Gasteiger partial charge is 0.0463 e. The maximum absolute atomic E-state index is 3.99. The second kappa shape index (κ2) is 15.3. The molecule has 4 fully saturated rings. The van der Waals surface area contributed by atoms with E-state index in [4.69, 9.17) is 0 Å². The Morgan fingerprint density at radius 1 is 0.554 bits per heavy atom. The normalized spacial score (nSPS) is 22.2. The molecule has 10 rings (SSSR count). The number of anilines is 6. The van der Waals surface area contributed by atoms with Crippen molar-refractivity contribution in [2.45, 2.75) is 83.5 Å². The summed E-state index contributed by atoms with van der Waals surface area (Å²) in [5.41, 5.74) is 15.6. The van der Waals surface area contributed by atoms with Gasteiger partial charge in [0.25, 0.3) is 0 Å². The third kappa shape index (κ3) is 7.00. The molecule has 4 aliphatic carbocycles. The molecule has 282 valence electrons. The molecule has 0 saturated heterocycles. The second-order valence-electron chi connectivity index (χ2n) is 17.3. The maximum Gasteiger partial charge on any atom is 0.0463 e. The number of hydrogen-bond donors (Lipinski definition) is 0. The van der Waals surface area contributed by atoms with Gasteiger partial charge in [-0.3, -0.25) is 0 Å². The Labute approximate surface area is 335 Å². The lowest BCUT2D eigenvalue weighted by Gasteiger charge is -2.60. The Morgan fingerprint density at radius 3 is 1.43 bits per heavy atom. The summed E-state index contributed by atoms with van der Waals surface area (Å²) in [4.78, 5) is 4.80. The highest BCUT2D eigenvalue weighted by atomic mass is 15.2.